The summed E-state index contributed by atoms with van der Waals surface area (Å²) in [6.45, 7) is 2.17. The molecule has 7 nitrogen and oxygen atoms in total. The lowest BCUT2D eigenvalue weighted by molar-refractivity contribution is 0.0992. The minimum absolute atomic E-state index is 0.178. The van der Waals surface area contributed by atoms with E-state index < -0.39 is 29.0 Å². The fourth-order valence-electron chi connectivity index (χ4n) is 3.14. The molecule has 0 aliphatic heterocycles. The molecule has 2 heterocycles. The highest BCUT2D eigenvalue weighted by Crippen LogP contribution is 2.21. The van der Waals surface area contributed by atoms with Crippen LogP contribution in [0.5, 0.6) is 5.75 Å². The molecule has 0 aliphatic carbocycles. The number of pyridine rings is 1. The van der Waals surface area contributed by atoms with E-state index in [1.54, 1.807) is 12.1 Å². The Kier molecular flexibility index (Phi) is 5.55. The highest BCUT2D eigenvalue weighted by atomic mass is 19.1. The average molecular weight is 436 g/mol. The Balaban J connectivity index is 1.48. The first-order valence-electron chi connectivity index (χ1n) is 9.57. The van der Waals surface area contributed by atoms with E-state index >= 15 is 0 Å². The SMILES string of the molecule is Cc1ccc2nc(COc3cccc(C(=O)Nc4cc(C(N)=O)c(F)cc4F)c3)cn2c1. The number of aromatic nitrogens is 2. The molecule has 2 amide bonds. The Morgan fingerprint density at radius 2 is 1.91 bits per heavy atom. The van der Waals surface area contributed by atoms with Crippen LogP contribution in [0.25, 0.3) is 5.65 Å². The summed E-state index contributed by atoms with van der Waals surface area (Å²) in [5.74, 6) is -3.47. The predicted octanol–water partition coefficient (Wildman–Crippen LogP) is 3.85. The van der Waals surface area contributed by atoms with E-state index in [4.69, 9.17) is 10.5 Å². The molecule has 0 atom stereocenters. The first kappa shape index (κ1) is 21.0. The van der Waals surface area contributed by atoms with Crippen LogP contribution in [-0.4, -0.2) is 21.2 Å². The van der Waals surface area contributed by atoms with Crippen LogP contribution in [0.3, 0.4) is 0 Å². The number of primary amides is 1. The van der Waals surface area contributed by atoms with Crippen LogP contribution in [0, 0.1) is 18.6 Å². The van der Waals surface area contributed by atoms with Gasteiger partial charge in [0, 0.05) is 24.0 Å². The Morgan fingerprint density at radius 1 is 1.09 bits per heavy atom. The summed E-state index contributed by atoms with van der Waals surface area (Å²) in [7, 11) is 0. The minimum atomic E-state index is -1.11. The van der Waals surface area contributed by atoms with Gasteiger partial charge in [-0.3, -0.25) is 9.59 Å². The van der Waals surface area contributed by atoms with E-state index in [0.717, 1.165) is 17.3 Å². The normalized spacial score (nSPS) is 10.8. The monoisotopic (exact) mass is 436 g/mol. The van der Waals surface area contributed by atoms with Crippen molar-refractivity contribution in [2.75, 3.05) is 5.32 Å². The summed E-state index contributed by atoms with van der Waals surface area (Å²) in [6.07, 6.45) is 3.81. The number of halogens is 2. The fraction of sp³-hybridized carbons (Fsp3) is 0.0870. The largest absolute Gasteiger partial charge is 0.487 e. The van der Waals surface area contributed by atoms with Gasteiger partial charge in [-0.2, -0.15) is 0 Å². The third-order valence-electron chi connectivity index (χ3n) is 4.70. The van der Waals surface area contributed by atoms with Gasteiger partial charge in [0.1, 0.15) is 29.6 Å². The summed E-state index contributed by atoms with van der Waals surface area (Å²) in [5, 5.41) is 2.31. The van der Waals surface area contributed by atoms with Crippen LogP contribution in [0.1, 0.15) is 32.0 Å². The Morgan fingerprint density at radius 3 is 2.69 bits per heavy atom. The molecule has 0 saturated heterocycles. The van der Waals surface area contributed by atoms with Crippen molar-refractivity contribution in [3.05, 3.63) is 94.9 Å². The van der Waals surface area contributed by atoms with Crippen molar-refractivity contribution < 1.29 is 23.1 Å². The first-order valence-corrected chi connectivity index (χ1v) is 9.57. The highest BCUT2D eigenvalue weighted by Gasteiger charge is 2.16. The van der Waals surface area contributed by atoms with Crippen LogP contribution in [0.4, 0.5) is 14.5 Å². The van der Waals surface area contributed by atoms with E-state index in [-0.39, 0.29) is 17.9 Å². The number of ether oxygens (including phenoxy) is 1. The van der Waals surface area contributed by atoms with E-state index in [9.17, 15) is 18.4 Å². The zero-order valence-electron chi connectivity index (χ0n) is 16.9. The fourth-order valence-corrected chi connectivity index (χ4v) is 3.14. The Bertz CT molecular complexity index is 1350. The number of imidazole rings is 1. The second kappa shape index (κ2) is 8.46. The van der Waals surface area contributed by atoms with Gasteiger partial charge >= 0.3 is 0 Å². The Hall–Kier alpha value is -4.27. The van der Waals surface area contributed by atoms with Crippen molar-refractivity contribution in [3.8, 4) is 5.75 Å². The molecular formula is C23H18F2N4O3. The molecule has 0 saturated carbocycles. The van der Waals surface area contributed by atoms with Crippen molar-refractivity contribution in [2.24, 2.45) is 5.73 Å². The van der Waals surface area contributed by atoms with Crippen LogP contribution >= 0.6 is 0 Å². The second-order valence-electron chi connectivity index (χ2n) is 7.15. The van der Waals surface area contributed by atoms with Crippen molar-refractivity contribution in [2.45, 2.75) is 13.5 Å². The molecule has 32 heavy (non-hydrogen) atoms. The Labute approximate surface area is 181 Å². The number of nitrogens with zero attached hydrogens (tertiary/aromatic N) is 2. The number of anilines is 1. The summed E-state index contributed by atoms with van der Waals surface area (Å²) >= 11 is 0. The second-order valence-corrected chi connectivity index (χ2v) is 7.15. The number of hydrogen-bond acceptors (Lipinski definition) is 4. The summed E-state index contributed by atoms with van der Waals surface area (Å²) in [6, 6.07) is 11.5. The third-order valence-corrected chi connectivity index (χ3v) is 4.70. The molecule has 0 radical (unpaired) electrons. The van der Waals surface area contributed by atoms with Gasteiger partial charge in [0.25, 0.3) is 11.8 Å². The minimum Gasteiger partial charge on any atom is -0.487 e. The lowest BCUT2D eigenvalue weighted by Gasteiger charge is -2.10. The van der Waals surface area contributed by atoms with Crippen LogP contribution in [0.15, 0.2) is 60.9 Å². The van der Waals surface area contributed by atoms with Gasteiger partial charge in [-0.25, -0.2) is 13.8 Å². The number of rotatable bonds is 6. The van der Waals surface area contributed by atoms with E-state index in [1.807, 2.05) is 35.9 Å². The number of carbonyl (C=O) groups excluding carboxylic acids is 2. The van der Waals surface area contributed by atoms with Crippen molar-refractivity contribution >= 4 is 23.1 Å². The van der Waals surface area contributed by atoms with Crippen molar-refractivity contribution in [1.82, 2.24) is 9.38 Å². The summed E-state index contributed by atoms with van der Waals surface area (Å²) in [4.78, 5) is 28.3. The third kappa shape index (κ3) is 4.41. The number of nitrogens with one attached hydrogen (secondary N) is 1. The number of hydrogen-bond donors (Lipinski definition) is 2. The zero-order chi connectivity index (χ0) is 22.8. The number of nitrogens with two attached hydrogens (primary N) is 1. The lowest BCUT2D eigenvalue weighted by atomic mass is 10.1. The molecule has 9 heteroatoms. The number of fused-ring (bicyclic) bond motifs is 1. The quantitative estimate of drug-likeness (QED) is 0.480. The zero-order valence-corrected chi connectivity index (χ0v) is 16.9. The lowest BCUT2D eigenvalue weighted by Crippen LogP contribution is -2.17. The van der Waals surface area contributed by atoms with Crippen LogP contribution in [-0.2, 0) is 6.61 Å². The standard InChI is InChI=1S/C23H18F2N4O3/c1-13-5-6-21-27-15(11-29(21)10-13)12-32-16-4-2-3-14(7-16)23(31)28-20-8-17(22(26)30)18(24)9-19(20)25/h2-11H,12H2,1H3,(H2,26,30)(H,28,31). The maximum Gasteiger partial charge on any atom is 0.255 e. The van der Waals surface area contributed by atoms with Crippen molar-refractivity contribution in [1.29, 1.82) is 0 Å². The molecular weight excluding hydrogens is 418 g/mol. The van der Waals surface area contributed by atoms with Gasteiger partial charge in [-0.15, -0.1) is 0 Å². The first-order chi connectivity index (χ1) is 15.3. The van der Waals surface area contributed by atoms with Gasteiger partial charge in [-0.1, -0.05) is 12.1 Å². The average Bonchev–Trinajstić information content (AvgIpc) is 3.16. The molecule has 2 aromatic heterocycles. The van der Waals surface area contributed by atoms with E-state index in [1.165, 1.54) is 12.1 Å². The highest BCUT2D eigenvalue weighted by molar-refractivity contribution is 6.05. The number of carbonyl (C=O) groups is 2. The smallest absolute Gasteiger partial charge is 0.255 e. The van der Waals surface area contributed by atoms with Gasteiger partial charge in [0.05, 0.1) is 16.9 Å². The topological polar surface area (TPSA) is 98.7 Å². The molecule has 3 N–H and O–H groups in total. The van der Waals surface area contributed by atoms with Crippen LogP contribution < -0.4 is 15.8 Å². The van der Waals surface area contributed by atoms with Gasteiger partial charge < -0.3 is 20.2 Å². The van der Waals surface area contributed by atoms with Gasteiger partial charge in [0.2, 0.25) is 0 Å². The molecule has 0 spiro atoms. The summed E-state index contributed by atoms with van der Waals surface area (Å²) < 4.78 is 35.3. The molecule has 0 unspecified atom stereocenters. The van der Waals surface area contributed by atoms with Gasteiger partial charge in [-0.05, 0) is 42.8 Å². The molecule has 162 valence electrons. The molecule has 2 aromatic carbocycles. The number of benzene rings is 2. The molecule has 0 bridgehead atoms. The maximum atomic E-state index is 14.0. The maximum absolute atomic E-state index is 14.0. The predicted molar refractivity (Wildman–Crippen MR) is 114 cm³/mol. The van der Waals surface area contributed by atoms with E-state index in [0.29, 0.717) is 17.5 Å². The summed E-state index contributed by atoms with van der Waals surface area (Å²) in [5.41, 5.74) is 6.95. The van der Waals surface area contributed by atoms with Crippen molar-refractivity contribution in [3.63, 3.8) is 0 Å². The molecule has 4 rings (SSSR count). The molecule has 0 fully saturated rings. The molecule has 4 aromatic rings. The van der Waals surface area contributed by atoms with E-state index in [2.05, 4.69) is 10.3 Å². The van der Waals surface area contributed by atoms with Gasteiger partial charge in [0.15, 0.2) is 0 Å². The molecule has 0 aliphatic rings. The number of amides is 2. The number of aryl methyl sites for hydroxylation is 1. The van der Waals surface area contributed by atoms with Crippen LogP contribution in [0.2, 0.25) is 0 Å².